The highest BCUT2D eigenvalue weighted by Crippen LogP contribution is 2.16. The van der Waals surface area contributed by atoms with Crippen molar-refractivity contribution in [3.63, 3.8) is 0 Å². The van der Waals surface area contributed by atoms with E-state index in [1.165, 1.54) is 0 Å². The summed E-state index contributed by atoms with van der Waals surface area (Å²) < 4.78 is 5.81. The van der Waals surface area contributed by atoms with Gasteiger partial charge in [-0.05, 0) is 37.1 Å². The van der Waals surface area contributed by atoms with Crippen LogP contribution in [0.5, 0.6) is 5.75 Å². The maximum absolute atomic E-state index is 10.5. The zero-order chi connectivity index (χ0) is 12.1. The smallest absolute Gasteiger partial charge is 0.307 e. The third kappa shape index (κ3) is 3.75. The summed E-state index contributed by atoms with van der Waals surface area (Å²) in [5, 5.41) is 11.9. The van der Waals surface area contributed by atoms with Crippen LogP contribution in [0.1, 0.15) is 18.4 Å². The number of carboxylic acids is 1. The fraction of sp³-hybridized carbons (Fsp3) is 0.462. The molecular weight excluding hydrogens is 218 g/mol. The van der Waals surface area contributed by atoms with Gasteiger partial charge in [-0.1, -0.05) is 12.1 Å². The van der Waals surface area contributed by atoms with Gasteiger partial charge in [-0.15, -0.1) is 0 Å². The highest BCUT2D eigenvalue weighted by atomic mass is 16.5. The largest absolute Gasteiger partial charge is 0.489 e. The maximum atomic E-state index is 10.5. The molecule has 17 heavy (non-hydrogen) atoms. The van der Waals surface area contributed by atoms with E-state index in [1.807, 2.05) is 12.1 Å². The molecule has 1 aliphatic rings. The lowest BCUT2D eigenvalue weighted by molar-refractivity contribution is -0.136. The quantitative estimate of drug-likeness (QED) is 0.829. The summed E-state index contributed by atoms with van der Waals surface area (Å²) in [7, 11) is 0. The van der Waals surface area contributed by atoms with Crippen LogP contribution >= 0.6 is 0 Å². The Kier molecular flexibility index (Phi) is 3.98. The van der Waals surface area contributed by atoms with E-state index in [-0.39, 0.29) is 12.5 Å². The zero-order valence-corrected chi connectivity index (χ0v) is 9.69. The van der Waals surface area contributed by atoms with Gasteiger partial charge >= 0.3 is 5.97 Å². The van der Waals surface area contributed by atoms with Gasteiger partial charge in [0.15, 0.2) is 0 Å². The molecule has 0 spiro atoms. The van der Waals surface area contributed by atoms with E-state index in [9.17, 15) is 4.79 Å². The number of aliphatic carboxylic acids is 1. The van der Waals surface area contributed by atoms with E-state index in [2.05, 4.69) is 5.32 Å². The monoisotopic (exact) mass is 235 g/mol. The number of hydrogen-bond acceptors (Lipinski definition) is 3. The minimum atomic E-state index is -0.810. The van der Waals surface area contributed by atoms with E-state index < -0.39 is 5.97 Å². The molecule has 2 rings (SSSR count). The summed E-state index contributed by atoms with van der Waals surface area (Å²) in [6.07, 6.45) is 2.51. The summed E-state index contributed by atoms with van der Waals surface area (Å²) in [6, 6.07) is 7.29. The van der Waals surface area contributed by atoms with Crippen LogP contribution in [0.3, 0.4) is 0 Å². The Morgan fingerprint density at radius 1 is 1.41 bits per heavy atom. The molecule has 0 saturated carbocycles. The lowest BCUT2D eigenvalue weighted by Gasteiger charge is -2.23. The van der Waals surface area contributed by atoms with Crippen LogP contribution in [-0.4, -0.2) is 30.3 Å². The molecule has 0 amide bonds. The molecule has 1 aliphatic heterocycles. The van der Waals surface area contributed by atoms with Gasteiger partial charge in [0.05, 0.1) is 6.42 Å². The molecule has 1 heterocycles. The first-order valence-corrected chi connectivity index (χ1v) is 5.92. The molecule has 1 aromatic carbocycles. The third-order valence-electron chi connectivity index (χ3n) is 2.83. The molecule has 0 aliphatic carbocycles. The minimum absolute atomic E-state index is 0.0608. The van der Waals surface area contributed by atoms with Crippen molar-refractivity contribution in [2.75, 3.05) is 13.1 Å². The molecular formula is C13H17NO3. The molecule has 1 saturated heterocycles. The van der Waals surface area contributed by atoms with Crippen LogP contribution in [0.25, 0.3) is 0 Å². The standard InChI is InChI=1S/C13H17NO3/c15-13(16)8-10-3-5-11(6-4-10)17-12-2-1-7-14-9-12/h3-6,12,14H,1-2,7-9H2,(H,15,16). The summed E-state index contributed by atoms with van der Waals surface area (Å²) in [4.78, 5) is 10.5. The predicted molar refractivity (Wildman–Crippen MR) is 64.3 cm³/mol. The Morgan fingerprint density at radius 2 is 2.18 bits per heavy atom. The summed E-state index contributed by atoms with van der Waals surface area (Å²) in [5.41, 5.74) is 0.798. The van der Waals surface area contributed by atoms with Gasteiger partial charge in [0, 0.05) is 6.54 Å². The highest BCUT2D eigenvalue weighted by Gasteiger charge is 2.14. The van der Waals surface area contributed by atoms with Gasteiger partial charge in [-0.3, -0.25) is 4.79 Å². The number of nitrogens with one attached hydrogen (secondary N) is 1. The predicted octanol–water partition coefficient (Wildman–Crippen LogP) is 1.44. The van der Waals surface area contributed by atoms with Gasteiger partial charge in [-0.2, -0.15) is 0 Å². The van der Waals surface area contributed by atoms with Gasteiger partial charge in [0.25, 0.3) is 0 Å². The van der Waals surface area contributed by atoms with E-state index >= 15 is 0 Å². The number of ether oxygens (including phenoxy) is 1. The van der Waals surface area contributed by atoms with Gasteiger partial charge < -0.3 is 15.2 Å². The topological polar surface area (TPSA) is 58.6 Å². The lowest BCUT2D eigenvalue weighted by Crippen LogP contribution is -2.37. The first-order chi connectivity index (χ1) is 8.24. The highest BCUT2D eigenvalue weighted by molar-refractivity contribution is 5.70. The van der Waals surface area contributed by atoms with Crippen LogP contribution in [0.15, 0.2) is 24.3 Å². The SMILES string of the molecule is O=C(O)Cc1ccc(OC2CCCNC2)cc1. The van der Waals surface area contributed by atoms with Crippen LogP contribution in [0.4, 0.5) is 0 Å². The Labute approximate surface area is 101 Å². The number of benzene rings is 1. The van der Waals surface area contributed by atoms with Crippen LogP contribution in [0.2, 0.25) is 0 Å². The Bertz CT molecular complexity index is 369. The Hall–Kier alpha value is -1.55. The van der Waals surface area contributed by atoms with Crippen molar-refractivity contribution in [2.24, 2.45) is 0 Å². The van der Waals surface area contributed by atoms with Crippen molar-refractivity contribution in [2.45, 2.75) is 25.4 Å². The molecule has 92 valence electrons. The van der Waals surface area contributed by atoms with Crippen molar-refractivity contribution >= 4 is 5.97 Å². The number of rotatable bonds is 4. The van der Waals surface area contributed by atoms with Gasteiger partial charge in [0.2, 0.25) is 0 Å². The second-order valence-electron chi connectivity index (χ2n) is 4.30. The molecule has 0 aromatic heterocycles. The lowest BCUT2D eigenvalue weighted by atomic mass is 10.1. The molecule has 1 atom stereocenters. The molecule has 2 N–H and O–H groups in total. The van der Waals surface area contributed by atoms with Crippen molar-refractivity contribution in [3.05, 3.63) is 29.8 Å². The van der Waals surface area contributed by atoms with E-state index in [1.54, 1.807) is 12.1 Å². The normalized spacial score (nSPS) is 19.9. The summed E-state index contributed by atoms with van der Waals surface area (Å²) >= 11 is 0. The fourth-order valence-corrected chi connectivity index (χ4v) is 1.97. The number of carboxylic acid groups (broad SMARTS) is 1. The Balaban J connectivity index is 1.90. The van der Waals surface area contributed by atoms with Crippen molar-refractivity contribution < 1.29 is 14.6 Å². The molecule has 1 aromatic rings. The van der Waals surface area contributed by atoms with Crippen molar-refractivity contribution in [1.29, 1.82) is 0 Å². The van der Waals surface area contributed by atoms with E-state index in [0.29, 0.717) is 0 Å². The van der Waals surface area contributed by atoms with Crippen LogP contribution in [0, 0.1) is 0 Å². The average Bonchev–Trinajstić information content (AvgIpc) is 2.32. The van der Waals surface area contributed by atoms with Crippen molar-refractivity contribution in [3.8, 4) is 5.75 Å². The third-order valence-corrected chi connectivity index (χ3v) is 2.83. The first kappa shape index (κ1) is 11.9. The van der Waals surface area contributed by atoms with E-state index in [0.717, 1.165) is 37.2 Å². The number of hydrogen-bond donors (Lipinski definition) is 2. The molecule has 0 bridgehead atoms. The summed E-state index contributed by atoms with van der Waals surface area (Å²) in [6.45, 7) is 1.95. The van der Waals surface area contributed by atoms with Crippen LogP contribution in [-0.2, 0) is 11.2 Å². The molecule has 1 fully saturated rings. The maximum Gasteiger partial charge on any atom is 0.307 e. The second kappa shape index (κ2) is 5.68. The van der Waals surface area contributed by atoms with Crippen LogP contribution < -0.4 is 10.1 Å². The molecule has 1 unspecified atom stereocenters. The molecule has 4 nitrogen and oxygen atoms in total. The molecule has 4 heteroatoms. The minimum Gasteiger partial charge on any atom is -0.489 e. The van der Waals surface area contributed by atoms with Crippen molar-refractivity contribution in [1.82, 2.24) is 5.32 Å². The van der Waals surface area contributed by atoms with Gasteiger partial charge in [0.1, 0.15) is 11.9 Å². The fourth-order valence-electron chi connectivity index (χ4n) is 1.97. The van der Waals surface area contributed by atoms with Gasteiger partial charge in [-0.25, -0.2) is 0 Å². The molecule has 0 radical (unpaired) electrons. The average molecular weight is 235 g/mol. The number of carbonyl (C=O) groups is 1. The zero-order valence-electron chi connectivity index (χ0n) is 9.69. The number of piperidine rings is 1. The van der Waals surface area contributed by atoms with E-state index in [4.69, 9.17) is 9.84 Å². The second-order valence-corrected chi connectivity index (χ2v) is 4.30. The summed E-state index contributed by atoms with van der Waals surface area (Å²) in [5.74, 6) is 0.00277. The first-order valence-electron chi connectivity index (χ1n) is 5.92. The Morgan fingerprint density at radius 3 is 2.76 bits per heavy atom.